The van der Waals surface area contributed by atoms with Crippen LogP contribution < -0.4 is 20.9 Å². The van der Waals surface area contributed by atoms with Crippen molar-refractivity contribution in [2.75, 3.05) is 23.3 Å². The van der Waals surface area contributed by atoms with Crippen LogP contribution in [0.1, 0.15) is 68.8 Å². The quantitative estimate of drug-likeness (QED) is 0.200. The molecule has 0 radical (unpaired) electrons. The van der Waals surface area contributed by atoms with E-state index in [4.69, 9.17) is 23.2 Å². The number of pyridine rings is 1. The Labute approximate surface area is 267 Å². The van der Waals surface area contributed by atoms with E-state index >= 15 is 0 Å². The van der Waals surface area contributed by atoms with Crippen LogP contribution in [0, 0.1) is 11.3 Å². The maximum Gasteiger partial charge on any atom is 0.391 e. The molecule has 2 fully saturated rings. The number of fused-ring (bicyclic) bond motifs is 1. The first-order chi connectivity index (χ1) is 21.1. The Bertz CT molecular complexity index is 1580. The van der Waals surface area contributed by atoms with Crippen LogP contribution in [0.2, 0.25) is 10.0 Å². The van der Waals surface area contributed by atoms with E-state index in [9.17, 15) is 27.2 Å². The van der Waals surface area contributed by atoms with Gasteiger partial charge in [0, 0.05) is 24.5 Å². The molecular formula is C30H35Cl2F4N7O2. The third-order valence-electron chi connectivity index (χ3n) is 8.19. The molecule has 1 atom stereocenters. The van der Waals surface area contributed by atoms with Gasteiger partial charge in [-0.25, -0.2) is 9.37 Å². The summed E-state index contributed by atoms with van der Waals surface area (Å²) in [4.78, 5) is 39.7. The number of nitrogens with zero attached hydrogens (tertiary/aromatic N) is 3. The maximum atomic E-state index is 14.2. The minimum absolute atomic E-state index is 0.0504. The molecule has 9 nitrogen and oxygen atoms in total. The third kappa shape index (κ3) is 7.57. The van der Waals surface area contributed by atoms with Gasteiger partial charge in [0.15, 0.2) is 5.65 Å². The zero-order chi connectivity index (χ0) is 32.7. The van der Waals surface area contributed by atoms with Crippen LogP contribution in [-0.2, 0) is 11.3 Å². The smallest absolute Gasteiger partial charge is 0.353 e. The number of hydrogen-bond acceptors (Lipinski definition) is 6. The van der Waals surface area contributed by atoms with Gasteiger partial charge in [0.1, 0.15) is 12.0 Å². The Morgan fingerprint density at radius 1 is 1.07 bits per heavy atom. The zero-order valence-electron chi connectivity index (χ0n) is 25.0. The average Bonchev–Trinajstić information content (AvgIpc) is 3.58. The number of aromatic nitrogens is 3. The lowest BCUT2D eigenvalue weighted by Gasteiger charge is -2.30. The topological polar surface area (TPSA) is 115 Å². The number of nitrogens with one attached hydrogen (secondary N) is 4. The van der Waals surface area contributed by atoms with E-state index in [2.05, 4.69) is 30.9 Å². The number of rotatable bonds is 7. The van der Waals surface area contributed by atoms with Crippen molar-refractivity contribution in [3.63, 3.8) is 0 Å². The Morgan fingerprint density at radius 2 is 1.78 bits per heavy atom. The van der Waals surface area contributed by atoms with Crippen molar-refractivity contribution in [1.29, 1.82) is 0 Å². The van der Waals surface area contributed by atoms with Gasteiger partial charge in [-0.2, -0.15) is 18.2 Å². The van der Waals surface area contributed by atoms with Crippen LogP contribution in [0.4, 0.5) is 35.0 Å². The number of amides is 2. The number of benzene rings is 1. The second-order valence-electron chi connectivity index (χ2n) is 12.7. The standard InChI is InChI=1S/C30H35Cl2F4N7O2/c1-29(2,3)27(45)37-13-15-4-9-20(31)23(22(15)32)40-28-39-21-12-19(25(41-24(21)42-28)43-11-10-17(33)14-43)26(44)38-18-7-5-16(6-8-18)30(34,35)36/h4,9,12,16-18H,5-8,10-11,13-14H2,1-3H3,(H,37,45)(H,38,44)(H2,39,40,41,42)/t16?,17-,18?/m1/s1. The van der Waals surface area contributed by atoms with Crippen molar-refractivity contribution in [1.82, 2.24) is 25.6 Å². The van der Waals surface area contributed by atoms with Crippen LogP contribution in [0.25, 0.3) is 11.2 Å². The molecule has 2 aliphatic rings. The number of halogens is 6. The molecule has 15 heteroatoms. The molecule has 1 aliphatic carbocycles. The fraction of sp³-hybridized carbons (Fsp3) is 0.533. The summed E-state index contributed by atoms with van der Waals surface area (Å²) in [6.07, 6.45) is -4.76. The van der Waals surface area contributed by atoms with E-state index < -0.39 is 35.6 Å². The van der Waals surface area contributed by atoms with Crippen LogP contribution in [0.3, 0.4) is 0 Å². The van der Waals surface area contributed by atoms with Gasteiger partial charge < -0.3 is 25.8 Å². The number of imidazole rings is 1. The van der Waals surface area contributed by atoms with Gasteiger partial charge in [-0.15, -0.1) is 0 Å². The highest BCUT2D eigenvalue weighted by Gasteiger charge is 2.41. The molecule has 1 saturated carbocycles. The molecular weight excluding hydrogens is 637 g/mol. The van der Waals surface area contributed by atoms with E-state index in [1.54, 1.807) is 43.9 Å². The number of carbonyl (C=O) groups excluding carboxylic acids is 2. The normalized spacial score (nSPS) is 20.8. The lowest BCUT2D eigenvalue weighted by molar-refractivity contribution is -0.182. The highest BCUT2D eigenvalue weighted by Crippen LogP contribution is 2.38. The fourth-order valence-electron chi connectivity index (χ4n) is 5.54. The van der Waals surface area contributed by atoms with Crippen molar-refractivity contribution >= 4 is 63.6 Å². The van der Waals surface area contributed by atoms with E-state index in [0.717, 1.165) is 0 Å². The molecule has 3 heterocycles. The predicted molar refractivity (Wildman–Crippen MR) is 166 cm³/mol. The summed E-state index contributed by atoms with van der Waals surface area (Å²) < 4.78 is 53.6. The van der Waals surface area contributed by atoms with Crippen molar-refractivity contribution in [2.45, 2.75) is 77.8 Å². The summed E-state index contributed by atoms with van der Waals surface area (Å²) in [7, 11) is 0. The van der Waals surface area contributed by atoms with Crippen molar-refractivity contribution < 1.29 is 27.2 Å². The average molecular weight is 673 g/mol. The Kier molecular flexibility index (Phi) is 9.42. The molecule has 2 amide bonds. The molecule has 0 spiro atoms. The van der Waals surface area contributed by atoms with Crippen molar-refractivity contribution in [3.05, 3.63) is 39.4 Å². The number of anilines is 3. The summed E-state index contributed by atoms with van der Waals surface area (Å²) >= 11 is 13.1. The molecule has 0 bridgehead atoms. The van der Waals surface area contributed by atoms with Gasteiger partial charge in [-0.1, -0.05) is 50.0 Å². The number of aromatic amines is 1. The lowest BCUT2D eigenvalue weighted by atomic mass is 9.85. The minimum Gasteiger partial charge on any atom is -0.353 e. The van der Waals surface area contributed by atoms with Gasteiger partial charge in [0.25, 0.3) is 5.91 Å². The van der Waals surface area contributed by atoms with E-state index in [1.807, 2.05) is 0 Å². The van der Waals surface area contributed by atoms with Crippen LogP contribution in [0.15, 0.2) is 18.2 Å². The summed E-state index contributed by atoms with van der Waals surface area (Å²) in [6.45, 7) is 5.98. The Balaban J connectivity index is 1.39. The van der Waals surface area contributed by atoms with E-state index in [0.29, 0.717) is 28.3 Å². The summed E-state index contributed by atoms with van der Waals surface area (Å²) in [5.41, 5.74) is 1.19. The molecule has 3 aromatic rings. The minimum atomic E-state index is -4.25. The fourth-order valence-corrected chi connectivity index (χ4v) is 6.08. The second-order valence-corrected chi connectivity index (χ2v) is 13.5. The third-order valence-corrected chi connectivity index (χ3v) is 8.94. The van der Waals surface area contributed by atoms with Crippen LogP contribution in [0.5, 0.6) is 0 Å². The largest absolute Gasteiger partial charge is 0.391 e. The van der Waals surface area contributed by atoms with Crippen molar-refractivity contribution in [2.24, 2.45) is 11.3 Å². The lowest BCUT2D eigenvalue weighted by Crippen LogP contribution is -2.40. The van der Waals surface area contributed by atoms with Gasteiger partial charge in [-0.05, 0) is 49.8 Å². The SMILES string of the molecule is CC(C)(C)C(=O)NCc1ccc(Cl)c(Nc2nc3nc(N4CC[C@@H](F)C4)c(C(=O)NC4CCC(C(F)(F)F)CC4)cc3[nH]2)c1Cl. The molecule has 0 unspecified atom stereocenters. The van der Waals surface area contributed by atoms with Crippen molar-refractivity contribution in [3.8, 4) is 0 Å². The molecule has 45 heavy (non-hydrogen) atoms. The number of alkyl halides is 4. The molecule has 1 aliphatic heterocycles. The molecule has 1 aromatic carbocycles. The molecule has 4 N–H and O–H groups in total. The highest BCUT2D eigenvalue weighted by molar-refractivity contribution is 6.39. The summed E-state index contributed by atoms with van der Waals surface area (Å²) in [5.74, 6) is -1.55. The number of H-pyrrole nitrogens is 1. The van der Waals surface area contributed by atoms with Gasteiger partial charge >= 0.3 is 6.18 Å². The Morgan fingerprint density at radius 3 is 2.40 bits per heavy atom. The molecule has 244 valence electrons. The second kappa shape index (κ2) is 12.8. The molecule has 1 saturated heterocycles. The van der Waals surface area contributed by atoms with E-state index in [1.165, 1.54) is 0 Å². The first kappa shape index (κ1) is 33.1. The van der Waals surface area contributed by atoms with Gasteiger partial charge in [0.2, 0.25) is 11.9 Å². The first-order valence-electron chi connectivity index (χ1n) is 14.8. The number of hydrogen-bond donors (Lipinski definition) is 4. The molecule has 5 rings (SSSR count). The highest BCUT2D eigenvalue weighted by atomic mass is 35.5. The summed E-state index contributed by atoms with van der Waals surface area (Å²) in [5, 5.41) is 9.36. The Hall–Kier alpha value is -3.32. The van der Waals surface area contributed by atoms with Crippen LogP contribution >= 0.6 is 23.2 Å². The van der Waals surface area contributed by atoms with Crippen LogP contribution in [-0.4, -0.2) is 58.2 Å². The zero-order valence-corrected chi connectivity index (χ0v) is 26.6. The predicted octanol–water partition coefficient (Wildman–Crippen LogP) is 7.07. The number of carbonyl (C=O) groups is 2. The first-order valence-corrected chi connectivity index (χ1v) is 15.5. The van der Waals surface area contributed by atoms with Gasteiger partial charge in [-0.3, -0.25) is 9.59 Å². The maximum absolute atomic E-state index is 14.2. The van der Waals surface area contributed by atoms with E-state index in [-0.39, 0.29) is 79.1 Å². The molecule has 2 aromatic heterocycles. The summed E-state index contributed by atoms with van der Waals surface area (Å²) in [6, 6.07) is 4.48. The monoisotopic (exact) mass is 671 g/mol. The van der Waals surface area contributed by atoms with Gasteiger partial charge in [0.05, 0.1) is 39.3 Å².